The molecule has 15 heavy (non-hydrogen) atoms. The number of hydrogen-bond donors (Lipinski definition) is 1. The van der Waals surface area contributed by atoms with Crippen LogP contribution in [0, 0.1) is 0 Å². The van der Waals surface area contributed by atoms with Gasteiger partial charge in [-0.25, -0.2) is 8.42 Å². The lowest BCUT2D eigenvalue weighted by Gasteiger charge is -2.28. The highest BCUT2D eigenvalue weighted by Crippen LogP contribution is 2.45. The number of rotatable bonds is 3. The van der Waals surface area contributed by atoms with Gasteiger partial charge in [0, 0.05) is 13.1 Å². The summed E-state index contributed by atoms with van der Waals surface area (Å²) in [7, 11) is -3.70. The monoisotopic (exact) mass is 235 g/mol. The molecule has 0 radical (unpaired) electrons. The van der Waals surface area contributed by atoms with Crippen molar-refractivity contribution >= 4 is 16.0 Å². The average Bonchev–Trinajstić information content (AvgIpc) is 3.00. The predicted molar refractivity (Wildman–Crippen MR) is 50.9 cm³/mol. The normalized spacial score (nSPS) is 26.1. The maximum absolute atomic E-state index is 12.0. The summed E-state index contributed by atoms with van der Waals surface area (Å²) in [6.45, 7) is 1.21. The molecular weight excluding hydrogens is 222 g/mol. The molecule has 1 saturated heterocycles. The lowest BCUT2D eigenvalue weighted by Crippen LogP contribution is -2.48. The Bertz CT molecular complexity index is 366. The van der Waals surface area contributed by atoms with E-state index in [4.69, 9.17) is 9.84 Å². The van der Waals surface area contributed by atoms with E-state index in [1.165, 1.54) is 4.31 Å². The lowest BCUT2D eigenvalue weighted by molar-refractivity contribution is -0.137. The van der Waals surface area contributed by atoms with Crippen molar-refractivity contribution in [3.8, 4) is 0 Å². The molecule has 1 saturated carbocycles. The van der Waals surface area contributed by atoms with Crippen LogP contribution in [0.15, 0.2) is 0 Å². The topological polar surface area (TPSA) is 83.9 Å². The van der Waals surface area contributed by atoms with Crippen molar-refractivity contribution in [2.75, 3.05) is 26.3 Å². The van der Waals surface area contributed by atoms with Gasteiger partial charge in [0.15, 0.2) is 4.75 Å². The minimum absolute atomic E-state index is 0.224. The summed E-state index contributed by atoms with van der Waals surface area (Å²) >= 11 is 0. The number of carboxylic acid groups (broad SMARTS) is 1. The van der Waals surface area contributed by atoms with Crippen LogP contribution in [0.5, 0.6) is 0 Å². The van der Waals surface area contributed by atoms with Crippen LogP contribution in [0.3, 0.4) is 0 Å². The molecule has 1 N–H and O–H groups in total. The van der Waals surface area contributed by atoms with E-state index >= 15 is 0 Å². The van der Waals surface area contributed by atoms with Gasteiger partial charge in [-0.05, 0) is 12.8 Å². The van der Waals surface area contributed by atoms with E-state index in [1.54, 1.807) is 0 Å². The molecule has 1 aliphatic carbocycles. The largest absolute Gasteiger partial charge is 0.480 e. The Morgan fingerprint density at radius 1 is 1.27 bits per heavy atom. The zero-order valence-corrected chi connectivity index (χ0v) is 8.99. The van der Waals surface area contributed by atoms with Gasteiger partial charge in [0.2, 0.25) is 10.0 Å². The van der Waals surface area contributed by atoms with Crippen molar-refractivity contribution < 1.29 is 23.1 Å². The first kappa shape index (κ1) is 10.8. The van der Waals surface area contributed by atoms with Gasteiger partial charge in [-0.2, -0.15) is 4.31 Å². The highest BCUT2D eigenvalue weighted by molar-refractivity contribution is 7.91. The summed E-state index contributed by atoms with van der Waals surface area (Å²) in [5, 5.41) is 8.93. The number of nitrogens with zero attached hydrogens (tertiary/aromatic N) is 1. The molecule has 0 aromatic rings. The van der Waals surface area contributed by atoms with E-state index in [1.807, 2.05) is 0 Å². The minimum atomic E-state index is -3.70. The van der Waals surface area contributed by atoms with Gasteiger partial charge in [0.05, 0.1) is 13.2 Å². The zero-order chi connectivity index (χ0) is 11.1. The van der Waals surface area contributed by atoms with Crippen LogP contribution in [0.2, 0.25) is 0 Å². The van der Waals surface area contributed by atoms with Gasteiger partial charge in [0.25, 0.3) is 0 Å². The molecule has 0 atom stereocenters. The Morgan fingerprint density at radius 3 is 2.20 bits per heavy atom. The summed E-state index contributed by atoms with van der Waals surface area (Å²) in [4.78, 5) is 10.9. The Morgan fingerprint density at radius 2 is 1.80 bits per heavy atom. The quantitative estimate of drug-likeness (QED) is 0.697. The SMILES string of the molecule is O=C(O)C1(S(=O)(=O)N2CCOCC2)CC1. The number of carbonyl (C=O) groups is 1. The average molecular weight is 235 g/mol. The molecule has 6 nitrogen and oxygen atoms in total. The highest BCUT2D eigenvalue weighted by Gasteiger charge is 2.63. The molecule has 2 aliphatic rings. The summed E-state index contributed by atoms with van der Waals surface area (Å²) in [5.41, 5.74) is 0. The maximum Gasteiger partial charge on any atom is 0.326 e. The molecule has 0 aromatic heterocycles. The predicted octanol–water partition coefficient (Wildman–Crippen LogP) is -0.734. The lowest BCUT2D eigenvalue weighted by atomic mass is 10.4. The van der Waals surface area contributed by atoms with E-state index in [0.29, 0.717) is 13.2 Å². The number of aliphatic carboxylic acids is 1. The first-order chi connectivity index (χ1) is 7.01. The second kappa shape index (κ2) is 3.43. The first-order valence-corrected chi connectivity index (χ1v) is 6.25. The van der Waals surface area contributed by atoms with Crippen molar-refractivity contribution in [1.29, 1.82) is 0 Å². The third kappa shape index (κ3) is 1.54. The van der Waals surface area contributed by atoms with Gasteiger partial charge in [0.1, 0.15) is 0 Å². The highest BCUT2D eigenvalue weighted by atomic mass is 32.2. The minimum Gasteiger partial charge on any atom is -0.480 e. The van der Waals surface area contributed by atoms with Crippen LogP contribution < -0.4 is 0 Å². The molecule has 0 spiro atoms. The summed E-state index contributed by atoms with van der Waals surface area (Å²) < 4.78 is 28.7. The van der Waals surface area contributed by atoms with E-state index in [0.717, 1.165) is 0 Å². The van der Waals surface area contributed by atoms with Gasteiger partial charge < -0.3 is 9.84 Å². The first-order valence-electron chi connectivity index (χ1n) is 4.81. The van der Waals surface area contributed by atoms with Crippen molar-refractivity contribution in [2.24, 2.45) is 0 Å². The second-order valence-electron chi connectivity index (χ2n) is 3.82. The second-order valence-corrected chi connectivity index (χ2v) is 6.06. The van der Waals surface area contributed by atoms with Gasteiger partial charge >= 0.3 is 5.97 Å². The summed E-state index contributed by atoms with van der Waals surface area (Å²) in [6, 6.07) is 0. The third-order valence-corrected chi connectivity index (χ3v) is 5.51. The van der Waals surface area contributed by atoms with E-state index < -0.39 is 20.7 Å². The molecule has 1 heterocycles. The van der Waals surface area contributed by atoms with Crippen molar-refractivity contribution in [3.05, 3.63) is 0 Å². The molecule has 1 aliphatic heterocycles. The van der Waals surface area contributed by atoms with Crippen molar-refractivity contribution in [1.82, 2.24) is 4.31 Å². The third-order valence-electron chi connectivity index (χ3n) is 2.90. The molecule has 0 amide bonds. The molecule has 2 rings (SSSR count). The fourth-order valence-corrected chi connectivity index (χ4v) is 3.69. The fraction of sp³-hybridized carbons (Fsp3) is 0.875. The van der Waals surface area contributed by atoms with E-state index in [-0.39, 0.29) is 25.9 Å². The van der Waals surface area contributed by atoms with Gasteiger partial charge in [-0.1, -0.05) is 0 Å². The summed E-state index contributed by atoms with van der Waals surface area (Å²) in [6.07, 6.45) is 0.448. The Kier molecular flexibility index (Phi) is 2.48. The molecule has 7 heteroatoms. The molecular formula is C8H13NO5S. The molecule has 0 bridgehead atoms. The fourth-order valence-electron chi connectivity index (χ4n) is 1.73. The molecule has 86 valence electrons. The van der Waals surface area contributed by atoms with Crippen LogP contribution in [-0.4, -0.2) is 54.8 Å². The Labute approximate surface area is 87.9 Å². The smallest absolute Gasteiger partial charge is 0.326 e. The van der Waals surface area contributed by atoms with Crippen LogP contribution in [0.4, 0.5) is 0 Å². The van der Waals surface area contributed by atoms with Crippen molar-refractivity contribution in [3.63, 3.8) is 0 Å². The number of morpholine rings is 1. The summed E-state index contributed by atoms with van der Waals surface area (Å²) in [5.74, 6) is -1.23. The number of carboxylic acids is 1. The van der Waals surface area contributed by atoms with Crippen LogP contribution >= 0.6 is 0 Å². The van der Waals surface area contributed by atoms with Crippen LogP contribution in [0.25, 0.3) is 0 Å². The van der Waals surface area contributed by atoms with E-state index in [9.17, 15) is 13.2 Å². The number of hydrogen-bond acceptors (Lipinski definition) is 4. The van der Waals surface area contributed by atoms with Crippen LogP contribution in [0.1, 0.15) is 12.8 Å². The maximum atomic E-state index is 12.0. The van der Waals surface area contributed by atoms with Gasteiger partial charge in [-0.3, -0.25) is 4.79 Å². The van der Waals surface area contributed by atoms with Crippen molar-refractivity contribution in [2.45, 2.75) is 17.6 Å². The molecule has 0 aromatic carbocycles. The van der Waals surface area contributed by atoms with E-state index in [2.05, 4.69) is 0 Å². The number of sulfonamides is 1. The Hall–Kier alpha value is -0.660. The van der Waals surface area contributed by atoms with Crippen LogP contribution in [-0.2, 0) is 19.6 Å². The zero-order valence-electron chi connectivity index (χ0n) is 8.18. The number of ether oxygens (including phenoxy) is 1. The standard InChI is InChI=1S/C8H13NO5S/c10-7(11)8(1-2-8)15(12,13)9-3-5-14-6-4-9/h1-6H2,(H,10,11). The Balaban J connectivity index is 2.23. The van der Waals surface area contributed by atoms with Gasteiger partial charge in [-0.15, -0.1) is 0 Å². The molecule has 0 unspecified atom stereocenters. The molecule has 2 fully saturated rings.